The largest absolute Gasteiger partial charge is 0.490 e. The zero-order valence-electron chi connectivity index (χ0n) is 26.2. The van der Waals surface area contributed by atoms with Gasteiger partial charge in [0.05, 0.1) is 36.8 Å². The standard InChI is InChI=1S/C32H43F3N4O6/c1-21-18-39(22(2)20-40)31(43)26-17-25(37-29(41)10-13-32(33,34)35)8-9-27(26)45-23(3)7-5-6-16-44-28(21)19-38(4)30(42)24-11-14-36-15-12-24/h8-9,11-12,14-15,17,21-23,28,40H,5-7,10,13,16,18-20H2,1-4H3,(H,37,41)/t21-,22-,23+,28+/m1/s1. The van der Waals surface area contributed by atoms with Crippen molar-refractivity contribution in [2.45, 2.75) is 77.3 Å². The highest BCUT2D eigenvalue weighted by Gasteiger charge is 2.32. The maximum atomic E-state index is 14.1. The molecule has 2 heterocycles. The van der Waals surface area contributed by atoms with E-state index in [1.807, 2.05) is 13.8 Å². The molecule has 1 aromatic heterocycles. The van der Waals surface area contributed by atoms with Crippen molar-refractivity contribution in [3.8, 4) is 5.75 Å². The molecule has 2 aromatic rings. The second-order valence-electron chi connectivity index (χ2n) is 11.6. The average Bonchev–Trinajstić information content (AvgIpc) is 3.01. The van der Waals surface area contributed by atoms with Crippen LogP contribution >= 0.6 is 0 Å². The Morgan fingerprint density at radius 2 is 1.89 bits per heavy atom. The molecule has 0 bridgehead atoms. The summed E-state index contributed by atoms with van der Waals surface area (Å²) in [6, 6.07) is 7.03. The SMILES string of the molecule is C[C@@H]1CN([C@H](C)CO)C(=O)c2cc(NC(=O)CCC(F)(F)F)ccc2O[C@@H](C)CCCCO[C@H]1CN(C)C(=O)c1ccncc1. The molecule has 10 nitrogen and oxygen atoms in total. The lowest BCUT2D eigenvalue weighted by Crippen LogP contribution is -2.48. The summed E-state index contributed by atoms with van der Waals surface area (Å²) in [5.41, 5.74) is 0.731. The summed E-state index contributed by atoms with van der Waals surface area (Å²) in [5, 5.41) is 12.5. The van der Waals surface area contributed by atoms with E-state index in [9.17, 15) is 32.7 Å². The third-order valence-electron chi connectivity index (χ3n) is 7.70. The van der Waals surface area contributed by atoms with E-state index in [1.54, 1.807) is 43.4 Å². The maximum Gasteiger partial charge on any atom is 0.389 e. The predicted octanol–water partition coefficient (Wildman–Crippen LogP) is 4.93. The van der Waals surface area contributed by atoms with E-state index in [-0.39, 0.29) is 54.6 Å². The number of amides is 3. The van der Waals surface area contributed by atoms with Crippen LogP contribution in [0.1, 0.15) is 73.6 Å². The van der Waals surface area contributed by atoms with Crippen molar-refractivity contribution < 1.29 is 42.1 Å². The zero-order chi connectivity index (χ0) is 33.1. The fourth-order valence-electron chi connectivity index (χ4n) is 5.01. The Bertz CT molecular complexity index is 1280. The van der Waals surface area contributed by atoms with Gasteiger partial charge in [-0.25, -0.2) is 0 Å². The van der Waals surface area contributed by atoms with E-state index in [2.05, 4.69) is 10.3 Å². The first-order valence-electron chi connectivity index (χ1n) is 15.1. The van der Waals surface area contributed by atoms with Gasteiger partial charge in [0.15, 0.2) is 0 Å². The van der Waals surface area contributed by atoms with E-state index in [0.717, 1.165) is 12.8 Å². The second kappa shape index (κ2) is 16.6. The third-order valence-corrected chi connectivity index (χ3v) is 7.70. The predicted molar refractivity (Wildman–Crippen MR) is 162 cm³/mol. The highest BCUT2D eigenvalue weighted by Crippen LogP contribution is 2.29. The van der Waals surface area contributed by atoms with Crippen LogP contribution in [-0.2, 0) is 9.53 Å². The maximum absolute atomic E-state index is 14.1. The van der Waals surface area contributed by atoms with Crippen molar-refractivity contribution in [2.24, 2.45) is 5.92 Å². The molecule has 3 amide bonds. The molecule has 1 aliphatic rings. The number of benzene rings is 1. The quantitative estimate of drug-likeness (QED) is 0.422. The van der Waals surface area contributed by atoms with E-state index < -0.39 is 43.0 Å². The number of aliphatic hydroxyl groups is 1. The van der Waals surface area contributed by atoms with Crippen LogP contribution in [0.4, 0.5) is 18.9 Å². The third kappa shape index (κ3) is 11.0. The monoisotopic (exact) mass is 636 g/mol. The van der Waals surface area contributed by atoms with E-state index in [0.29, 0.717) is 18.6 Å². The number of hydrogen-bond donors (Lipinski definition) is 2. The molecule has 45 heavy (non-hydrogen) atoms. The molecule has 0 aliphatic carbocycles. The molecule has 13 heteroatoms. The number of aromatic nitrogens is 1. The molecule has 1 aromatic carbocycles. The summed E-state index contributed by atoms with van der Waals surface area (Å²) in [7, 11) is 1.68. The van der Waals surface area contributed by atoms with Crippen molar-refractivity contribution in [3.63, 3.8) is 0 Å². The van der Waals surface area contributed by atoms with Crippen molar-refractivity contribution in [1.29, 1.82) is 0 Å². The number of carbonyl (C=O) groups excluding carboxylic acids is 3. The number of anilines is 1. The van der Waals surface area contributed by atoms with Gasteiger partial charge in [-0.15, -0.1) is 0 Å². The van der Waals surface area contributed by atoms with Crippen LogP contribution in [0.2, 0.25) is 0 Å². The number of aliphatic hydroxyl groups excluding tert-OH is 1. The van der Waals surface area contributed by atoms with Gasteiger partial charge >= 0.3 is 6.18 Å². The molecule has 3 rings (SSSR count). The molecule has 0 fully saturated rings. The zero-order valence-corrected chi connectivity index (χ0v) is 26.2. The highest BCUT2D eigenvalue weighted by atomic mass is 19.4. The van der Waals surface area contributed by atoms with Gasteiger partial charge in [-0.3, -0.25) is 19.4 Å². The Kier molecular flexibility index (Phi) is 13.2. The van der Waals surface area contributed by atoms with Crippen molar-refractivity contribution in [2.75, 3.05) is 38.7 Å². The van der Waals surface area contributed by atoms with Crippen molar-refractivity contribution in [1.82, 2.24) is 14.8 Å². The number of pyridine rings is 1. The minimum atomic E-state index is -4.48. The molecular weight excluding hydrogens is 593 g/mol. The number of alkyl halides is 3. The van der Waals surface area contributed by atoms with Crippen LogP contribution in [0.5, 0.6) is 5.75 Å². The van der Waals surface area contributed by atoms with E-state index in [4.69, 9.17) is 9.47 Å². The number of rotatable bonds is 8. The summed E-state index contributed by atoms with van der Waals surface area (Å²) in [6.07, 6.45) is -1.97. The molecule has 0 spiro atoms. The van der Waals surface area contributed by atoms with Crippen LogP contribution in [0.25, 0.3) is 0 Å². The molecule has 248 valence electrons. The first kappa shape index (κ1) is 35.8. The van der Waals surface area contributed by atoms with Crippen molar-refractivity contribution in [3.05, 3.63) is 53.9 Å². The van der Waals surface area contributed by atoms with Gasteiger partial charge in [0, 0.05) is 62.7 Å². The first-order valence-corrected chi connectivity index (χ1v) is 15.1. The number of hydrogen-bond acceptors (Lipinski definition) is 7. The molecular formula is C32H43F3N4O6. The average molecular weight is 637 g/mol. The van der Waals surface area contributed by atoms with Crippen LogP contribution in [0.3, 0.4) is 0 Å². The van der Waals surface area contributed by atoms with Crippen LogP contribution in [0, 0.1) is 5.92 Å². The summed E-state index contributed by atoms with van der Waals surface area (Å²) in [5.74, 6) is -1.55. The molecule has 0 saturated carbocycles. The van der Waals surface area contributed by atoms with Crippen LogP contribution < -0.4 is 10.1 Å². The first-order chi connectivity index (χ1) is 21.3. The number of carbonyl (C=O) groups is 3. The van der Waals surface area contributed by atoms with Gasteiger partial charge < -0.3 is 29.7 Å². The summed E-state index contributed by atoms with van der Waals surface area (Å²) >= 11 is 0. The van der Waals surface area contributed by atoms with E-state index in [1.165, 1.54) is 23.1 Å². The molecule has 4 atom stereocenters. The number of likely N-dealkylation sites (N-methyl/N-ethyl adjacent to an activating group) is 1. The fraction of sp³-hybridized carbons (Fsp3) is 0.562. The van der Waals surface area contributed by atoms with Crippen molar-refractivity contribution >= 4 is 23.4 Å². The van der Waals surface area contributed by atoms with Gasteiger partial charge in [-0.05, 0) is 63.4 Å². The van der Waals surface area contributed by atoms with E-state index >= 15 is 0 Å². The minimum Gasteiger partial charge on any atom is -0.490 e. The van der Waals surface area contributed by atoms with Gasteiger partial charge in [0.2, 0.25) is 5.91 Å². The molecule has 0 radical (unpaired) electrons. The second-order valence-corrected chi connectivity index (χ2v) is 11.6. The Labute approximate surface area is 261 Å². The lowest BCUT2D eigenvalue weighted by molar-refractivity contribution is -0.142. The van der Waals surface area contributed by atoms with Gasteiger partial charge in [-0.2, -0.15) is 13.2 Å². The Morgan fingerprint density at radius 3 is 2.56 bits per heavy atom. The van der Waals surface area contributed by atoms with Gasteiger partial charge in [-0.1, -0.05) is 6.92 Å². The summed E-state index contributed by atoms with van der Waals surface area (Å²) in [4.78, 5) is 46.5. The summed E-state index contributed by atoms with van der Waals surface area (Å²) < 4.78 is 50.3. The molecule has 0 saturated heterocycles. The van der Waals surface area contributed by atoms with Crippen LogP contribution in [0.15, 0.2) is 42.7 Å². The Balaban J connectivity index is 1.91. The number of nitrogens with zero attached hydrogens (tertiary/aromatic N) is 3. The summed E-state index contributed by atoms with van der Waals surface area (Å²) in [6.45, 7) is 5.96. The number of halogens is 3. The normalized spacial score (nSPS) is 20.8. The topological polar surface area (TPSA) is 121 Å². The lowest BCUT2D eigenvalue weighted by atomic mass is 10.0. The lowest BCUT2D eigenvalue weighted by Gasteiger charge is -2.36. The molecule has 2 N–H and O–H groups in total. The van der Waals surface area contributed by atoms with Crippen LogP contribution in [-0.4, -0.2) is 95.4 Å². The van der Waals surface area contributed by atoms with Gasteiger partial charge in [0.1, 0.15) is 5.75 Å². The number of ether oxygens (including phenoxy) is 2. The Hall–Kier alpha value is -3.71. The fourth-order valence-corrected chi connectivity index (χ4v) is 5.01. The Morgan fingerprint density at radius 1 is 1.18 bits per heavy atom. The highest BCUT2D eigenvalue weighted by molar-refractivity contribution is 5.99. The number of nitrogens with one attached hydrogen (secondary N) is 1. The molecule has 0 unspecified atom stereocenters. The smallest absolute Gasteiger partial charge is 0.389 e. The number of fused-ring (bicyclic) bond motifs is 1. The minimum absolute atomic E-state index is 0.0995. The van der Waals surface area contributed by atoms with Gasteiger partial charge in [0.25, 0.3) is 11.8 Å². The molecule has 1 aliphatic heterocycles.